The van der Waals surface area contributed by atoms with Gasteiger partial charge in [-0.1, -0.05) is 12.1 Å². The molecule has 3 rings (SSSR count). The van der Waals surface area contributed by atoms with Gasteiger partial charge in [-0.15, -0.1) is 21.5 Å². The first-order chi connectivity index (χ1) is 10.8. The van der Waals surface area contributed by atoms with Crippen LogP contribution in [-0.4, -0.2) is 16.1 Å². The minimum Gasteiger partial charge on any atom is -0.423 e. The van der Waals surface area contributed by atoms with Crippen molar-refractivity contribution < 1.29 is 9.21 Å². The Hall–Kier alpha value is -2.47. The van der Waals surface area contributed by atoms with Gasteiger partial charge >= 0.3 is 0 Å². The van der Waals surface area contributed by atoms with E-state index in [0.717, 1.165) is 24.1 Å². The number of nitrogens with one attached hydrogen (secondary N) is 1. The quantitative estimate of drug-likeness (QED) is 0.752. The number of rotatable bonds is 6. The molecule has 0 saturated heterocycles. The summed E-state index contributed by atoms with van der Waals surface area (Å²) in [6, 6.07) is 11.5. The normalized spacial score (nSPS) is 10.5. The van der Waals surface area contributed by atoms with Crippen molar-refractivity contribution in [2.45, 2.75) is 19.3 Å². The van der Waals surface area contributed by atoms with Gasteiger partial charge in [-0.05, 0) is 42.5 Å². The number of anilines is 1. The third kappa shape index (κ3) is 3.79. The smallest absolute Gasteiger partial charge is 0.247 e. The van der Waals surface area contributed by atoms with E-state index in [1.807, 2.05) is 30.3 Å². The molecule has 0 saturated carbocycles. The molecule has 1 N–H and O–H groups in total. The van der Waals surface area contributed by atoms with Crippen molar-refractivity contribution in [3.8, 4) is 11.5 Å². The van der Waals surface area contributed by atoms with Crippen LogP contribution < -0.4 is 5.32 Å². The van der Waals surface area contributed by atoms with E-state index < -0.39 is 0 Å². The van der Waals surface area contributed by atoms with Crippen molar-refractivity contribution >= 4 is 22.9 Å². The molecule has 2 aromatic heterocycles. The molecule has 3 aromatic rings. The highest BCUT2D eigenvalue weighted by molar-refractivity contribution is 7.09. The average molecular weight is 313 g/mol. The molecular weight excluding hydrogens is 298 g/mol. The van der Waals surface area contributed by atoms with Gasteiger partial charge < -0.3 is 9.73 Å². The molecule has 1 aromatic carbocycles. The zero-order valence-electron chi connectivity index (χ0n) is 11.9. The summed E-state index contributed by atoms with van der Waals surface area (Å²) in [7, 11) is 0. The van der Waals surface area contributed by atoms with Crippen molar-refractivity contribution in [3.63, 3.8) is 0 Å². The first kappa shape index (κ1) is 14.5. The van der Waals surface area contributed by atoms with Gasteiger partial charge in [0.25, 0.3) is 0 Å². The van der Waals surface area contributed by atoms with Gasteiger partial charge in [0.2, 0.25) is 18.2 Å². The first-order valence-corrected chi connectivity index (χ1v) is 7.88. The fourth-order valence-corrected chi connectivity index (χ4v) is 2.88. The van der Waals surface area contributed by atoms with Crippen LogP contribution in [0.5, 0.6) is 0 Å². The maximum absolute atomic E-state index is 12.0. The van der Waals surface area contributed by atoms with Gasteiger partial charge in [-0.3, -0.25) is 4.79 Å². The second kappa shape index (κ2) is 7.00. The van der Waals surface area contributed by atoms with E-state index in [2.05, 4.69) is 27.0 Å². The van der Waals surface area contributed by atoms with E-state index >= 15 is 0 Å². The Kier molecular flexibility index (Phi) is 4.60. The number of carbonyl (C=O) groups excluding carboxylic acids is 1. The van der Waals surface area contributed by atoms with Crippen LogP contribution in [0.1, 0.15) is 17.7 Å². The van der Waals surface area contributed by atoms with Gasteiger partial charge in [-0.25, -0.2) is 0 Å². The molecule has 0 aliphatic carbocycles. The molecule has 0 spiro atoms. The lowest BCUT2D eigenvalue weighted by molar-refractivity contribution is -0.116. The number of hydrogen-bond acceptors (Lipinski definition) is 5. The van der Waals surface area contributed by atoms with Crippen LogP contribution in [0.2, 0.25) is 0 Å². The van der Waals surface area contributed by atoms with Gasteiger partial charge in [-0.2, -0.15) is 0 Å². The Balaban J connectivity index is 1.54. The lowest BCUT2D eigenvalue weighted by atomic mass is 10.2. The molecule has 22 heavy (non-hydrogen) atoms. The number of nitrogens with zero attached hydrogens (tertiary/aromatic N) is 2. The Morgan fingerprint density at radius 1 is 1.27 bits per heavy atom. The van der Waals surface area contributed by atoms with E-state index in [-0.39, 0.29) is 5.91 Å². The van der Waals surface area contributed by atoms with Crippen molar-refractivity contribution in [1.29, 1.82) is 0 Å². The van der Waals surface area contributed by atoms with Gasteiger partial charge in [0.05, 0.1) is 0 Å². The summed E-state index contributed by atoms with van der Waals surface area (Å²) in [5.41, 5.74) is 1.52. The summed E-state index contributed by atoms with van der Waals surface area (Å²) in [6.45, 7) is 0. The maximum Gasteiger partial charge on any atom is 0.247 e. The predicted octanol–water partition coefficient (Wildman–Crippen LogP) is 3.76. The van der Waals surface area contributed by atoms with Crippen LogP contribution in [0.25, 0.3) is 11.5 Å². The van der Waals surface area contributed by atoms with E-state index in [1.165, 1.54) is 11.3 Å². The average Bonchev–Trinajstić information content (AvgIpc) is 3.21. The minimum absolute atomic E-state index is 0.0132. The van der Waals surface area contributed by atoms with Crippen LogP contribution >= 0.6 is 11.3 Å². The second-order valence-electron chi connectivity index (χ2n) is 4.81. The molecule has 0 atom stereocenters. The second-order valence-corrected chi connectivity index (χ2v) is 5.84. The highest BCUT2D eigenvalue weighted by Crippen LogP contribution is 2.20. The molecule has 0 bridgehead atoms. The largest absolute Gasteiger partial charge is 0.423 e. The number of aromatic nitrogens is 2. The lowest BCUT2D eigenvalue weighted by Crippen LogP contribution is -2.11. The SMILES string of the molecule is O=C(CCCc1cccs1)Nc1cccc(-c2nnco2)c1. The Bertz CT molecular complexity index is 724. The van der Waals surface area contributed by atoms with Crippen LogP contribution in [0, 0.1) is 0 Å². The number of carbonyl (C=O) groups is 1. The molecule has 2 heterocycles. The molecule has 0 radical (unpaired) electrons. The standard InChI is InChI=1S/C16H15N3O2S/c20-15(8-2-6-14-7-3-9-22-14)18-13-5-1-4-12(10-13)16-19-17-11-21-16/h1,3-5,7,9-11H,2,6,8H2,(H,18,20). The van der Waals surface area contributed by atoms with E-state index in [0.29, 0.717) is 12.3 Å². The summed E-state index contributed by atoms with van der Waals surface area (Å²) < 4.78 is 5.15. The Morgan fingerprint density at radius 2 is 2.23 bits per heavy atom. The summed E-state index contributed by atoms with van der Waals surface area (Å²) in [6.07, 6.45) is 3.57. The van der Waals surface area contributed by atoms with Crippen LogP contribution in [0.15, 0.2) is 52.6 Å². The van der Waals surface area contributed by atoms with Crippen molar-refractivity contribution in [3.05, 3.63) is 53.0 Å². The summed E-state index contributed by atoms with van der Waals surface area (Å²) >= 11 is 1.72. The van der Waals surface area contributed by atoms with Crippen LogP contribution in [0.4, 0.5) is 5.69 Å². The van der Waals surface area contributed by atoms with Crippen LogP contribution in [-0.2, 0) is 11.2 Å². The van der Waals surface area contributed by atoms with Gasteiger partial charge in [0, 0.05) is 22.5 Å². The number of amides is 1. The third-order valence-electron chi connectivity index (χ3n) is 3.16. The monoisotopic (exact) mass is 313 g/mol. The van der Waals surface area contributed by atoms with Gasteiger partial charge in [0.1, 0.15) is 0 Å². The molecule has 0 aliphatic heterocycles. The van der Waals surface area contributed by atoms with Crippen LogP contribution in [0.3, 0.4) is 0 Å². The molecule has 112 valence electrons. The van der Waals surface area contributed by atoms with Crippen molar-refractivity contribution in [2.24, 2.45) is 0 Å². The third-order valence-corrected chi connectivity index (χ3v) is 4.10. The number of benzene rings is 1. The highest BCUT2D eigenvalue weighted by atomic mass is 32.1. The molecule has 0 unspecified atom stereocenters. The zero-order chi connectivity index (χ0) is 15.2. The van der Waals surface area contributed by atoms with Gasteiger partial charge in [0.15, 0.2) is 0 Å². The van der Waals surface area contributed by atoms with E-state index in [4.69, 9.17) is 4.42 Å². The predicted molar refractivity (Wildman–Crippen MR) is 85.6 cm³/mol. The number of hydrogen-bond donors (Lipinski definition) is 1. The summed E-state index contributed by atoms with van der Waals surface area (Å²) in [4.78, 5) is 13.3. The Morgan fingerprint density at radius 3 is 3.00 bits per heavy atom. The minimum atomic E-state index is 0.0132. The Labute approximate surface area is 132 Å². The number of thiophene rings is 1. The zero-order valence-corrected chi connectivity index (χ0v) is 12.7. The summed E-state index contributed by atoms with van der Waals surface area (Å²) in [5.74, 6) is 0.452. The lowest BCUT2D eigenvalue weighted by Gasteiger charge is -2.06. The molecular formula is C16H15N3O2S. The maximum atomic E-state index is 12.0. The van der Waals surface area contributed by atoms with Crippen molar-refractivity contribution in [1.82, 2.24) is 10.2 Å². The van der Waals surface area contributed by atoms with Crippen molar-refractivity contribution in [2.75, 3.05) is 5.32 Å². The molecule has 0 fully saturated rings. The van der Waals surface area contributed by atoms with E-state index in [9.17, 15) is 4.79 Å². The highest BCUT2D eigenvalue weighted by Gasteiger charge is 2.07. The van der Waals surface area contributed by atoms with E-state index in [1.54, 1.807) is 11.3 Å². The fourth-order valence-electron chi connectivity index (χ4n) is 2.13. The fraction of sp³-hybridized carbons (Fsp3) is 0.188. The molecule has 6 heteroatoms. The molecule has 5 nitrogen and oxygen atoms in total. The first-order valence-electron chi connectivity index (χ1n) is 7.00. The topological polar surface area (TPSA) is 68.0 Å². The molecule has 1 amide bonds. The molecule has 0 aliphatic rings. The summed E-state index contributed by atoms with van der Waals surface area (Å²) in [5, 5.41) is 12.5. The number of aryl methyl sites for hydroxylation is 1.